The van der Waals surface area contributed by atoms with Crippen molar-refractivity contribution >= 4 is 27.2 Å². The van der Waals surface area contributed by atoms with Gasteiger partial charge in [-0.05, 0) is 25.5 Å². The van der Waals surface area contributed by atoms with Gasteiger partial charge in [-0.25, -0.2) is 13.2 Å². The molecule has 21 heavy (non-hydrogen) atoms. The fraction of sp³-hybridized carbons (Fsp3) is 0.417. The molecule has 114 valence electrons. The second-order valence-electron chi connectivity index (χ2n) is 5.32. The molecule has 2 N–H and O–H groups in total. The monoisotopic (exact) mass is 314 g/mol. The van der Waals surface area contributed by atoms with Crippen molar-refractivity contribution in [1.29, 1.82) is 0 Å². The molecule has 1 fully saturated rings. The smallest absolute Gasteiger partial charge is 0.342 e. The summed E-state index contributed by atoms with van der Waals surface area (Å²) in [5.74, 6) is -1.39. The van der Waals surface area contributed by atoms with Crippen molar-refractivity contribution in [2.45, 2.75) is 18.9 Å². The van der Waals surface area contributed by atoms with Gasteiger partial charge in [0, 0.05) is 17.3 Å². The molecule has 0 aliphatic carbocycles. The number of carboxylic acids is 1. The van der Waals surface area contributed by atoms with Gasteiger partial charge in [0.25, 0.3) is 5.69 Å². The third-order valence-corrected chi connectivity index (χ3v) is 5.28. The second kappa shape index (κ2) is 4.99. The van der Waals surface area contributed by atoms with E-state index in [4.69, 9.17) is 5.11 Å². The van der Waals surface area contributed by atoms with Crippen molar-refractivity contribution < 1.29 is 23.2 Å². The molecule has 8 nitrogen and oxygen atoms in total. The summed E-state index contributed by atoms with van der Waals surface area (Å²) in [5, 5.41) is 22.8. The number of hydrogen-bond acceptors (Lipinski definition) is 6. The van der Waals surface area contributed by atoms with E-state index in [-0.39, 0.29) is 11.5 Å². The zero-order valence-electron chi connectivity index (χ0n) is 11.2. The van der Waals surface area contributed by atoms with E-state index in [9.17, 15) is 23.3 Å². The molecule has 1 aliphatic heterocycles. The molecule has 0 radical (unpaired) electrons. The Labute approximate surface area is 120 Å². The molecule has 1 aliphatic rings. The van der Waals surface area contributed by atoms with Crippen LogP contribution in [0.25, 0.3) is 0 Å². The lowest BCUT2D eigenvalue weighted by atomic mass is 10.0. The number of nitrogens with zero attached hydrogens (tertiary/aromatic N) is 1. The van der Waals surface area contributed by atoms with Gasteiger partial charge < -0.3 is 10.4 Å². The number of nitro benzene ring substituents is 1. The number of carboxylic acid groups (broad SMARTS) is 1. The van der Waals surface area contributed by atoms with Crippen LogP contribution in [0.4, 0.5) is 11.4 Å². The van der Waals surface area contributed by atoms with Crippen molar-refractivity contribution in [3.05, 3.63) is 33.9 Å². The zero-order valence-corrected chi connectivity index (χ0v) is 12.0. The maximum atomic E-state index is 11.5. The molecule has 1 aromatic carbocycles. The molecule has 9 heteroatoms. The number of anilines is 1. The van der Waals surface area contributed by atoms with Gasteiger partial charge in [0.05, 0.1) is 16.4 Å². The van der Waals surface area contributed by atoms with Crippen LogP contribution in [0.2, 0.25) is 0 Å². The third-order valence-electron chi connectivity index (χ3n) is 3.37. The first-order valence-corrected chi connectivity index (χ1v) is 7.94. The number of aromatic carboxylic acids is 1. The first-order chi connectivity index (χ1) is 9.62. The number of rotatable bonds is 4. The first-order valence-electron chi connectivity index (χ1n) is 6.12. The van der Waals surface area contributed by atoms with E-state index < -0.39 is 37.5 Å². The maximum absolute atomic E-state index is 11.5. The Hall–Kier alpha value is -2.16. The number of nitro groups is 1. The summed E-state index contributed by atoms with van der Waals surface area (Å²) in [5.41, 5.74) is -1.32. The van der Waals surface area contributed by atoms with E-state index in [1.165, 1.54) is 6.07 Å². The van der Waals surface area contributed by atoms with Gasteiger partial charge in [-0.2, -0.15) is 0 Å². The largest absolute Gasteiger partial charge is 0.477 e. The quantitative estimate of drug-likeness (QED) is 0.633. The van der Waals surface area contributed by atoms with E-state index in [1.807, 2.05) is 0 Å². The highest BCUT2D eigenvalue weighted by molar-refractivity contribution is 7.91. The topological polar surface area (TPSA) is 127 Å². The number of hydrogen-bond donors (Lipinski definition) is 2. The molecule has 0 amide bonds. The Morgan fingerprint density at radius 1 is 1.48 bits per heavy atom. The third kappa shape index (κ3) is 3.30. The Morgan fingerprint density at radius 2 is 2.14 bits per heavy atom. The average molecular weight is 314 g/mol. The standard InChI is InChI=1S/C12H14N2O6S/c1-12(4-5-21(19,20)7-12)13-8-2-3-9(11(15)16)10(6-8)14(17)18/h2-3,6,13H,4-5,7H2,1H3,(H,15,16). The summed E-state index contributed by atoms with van der Waals surface area (Å²) >= 11 is 0. The van der Waals surface area contributed by atoms with Crippen LogP contribution in [0, 0.1) is 10.1 Å². The van der Waals surface area contributed by atoms with Crippen LogP contribution in [0.15, 0.2) is 18.2 Å². The summed E-state index contributed by atoms with van der Waals surface area (Å²) in [6.07, 6.45) is 0.393. The van der Waals surface area contributed by atoms with Crippen LogP contribution >= 0.6 is 0 Å². The predicted octanol–water partition coefficient (Wildman–Crippen LogP) is 1.28. The summed E-state index contributed by atoms with van der Waals surface area (Å²) in [4.78, 5) is 21.1. The van der Waals surface area contributed by atoms with Crippen molar-refractivity contribution in [2.75, 3.05) is 16.8 Å². The van der Waals surface area contributed by atoms with Gasteiger partial charge in [-0.3, -0.25) is 10.1 Å². The lowest BCUT2D eigenvalue weighted by molar-refractivity contribution is -0.385. The highest BCUT2D eigenvalue weighted by Gasteiger charge is 2.38. The summed E-state index contributed by atoms with van der Waals surface area (Å²) in [6.45, 7) is 1.72. The van der Waals surface area contributed by atoms with Gasteiger partial charge in [0.2, 0.25) is 0 Å². The first kappa shape index (κ1) is 15.2. The van der Waals surface area contributed by atoms with Crippen molar-refractivity contribution in [3.63, 3.8) is 0 Å². The van der Waals surface area contributed by atoms with Crippen molar-refractivity contribution in [2.24, 2.45) is 0 Å². The molecule has 2 rings (SSSR count). The Kier molecular flexibility index (Phi) is 3.62. The van der Waals surface area contributed by atoms with Gasteiger partial charge in [-0.1, -0.05) is 0 Å². The van der Waals surface area contributed by atoms with Crippen LogP contribution in [0.3, 0.4) is 0 Å². The molecule has 0 spiro atoms. The summed E-state index contributed by atoms with van der Waals surface area (Å²) in [6, 6.07) is 3.64. The highest BCUT2D eigenvalue weighted by atomic mass is 32.2. The van der Waals surface area contributed by atoms with Gasteiger partial charge in [0.1, 0.15) is 5.56 Å². The van der Waals surface area contributed by atoms with Crippen LogP contribution in [0.1, 0.15) is 23.7 Å². The molecular weight excluding hydrogens is 300 g/mol. The lowest BCUT2D eigenvalue weighted by Crippen LogP contribution is -2.35. The van der Waals surface area contributed by atoms with Crippen LogP contribution < -0.4 is 5.32 Å². The van der Waals surface area contributed by atoms with Crippen LogP contribution in [-0.2, 0) is 9.84 Å². The second-order valence-corrected chi connectivity index (χ2v) is 7.51. The minimum Gasteiger partial charge on any atom is -0.477 e. The fourth-order valence-corrected chi connectivity index (χ4v) is 4.49. The Balaban J connectivity index is 2.32. The molecule has 1 saturated heterocycles. The normalized spacial score (nSPS) is 23.7. The molecular formula is C12H14N2O6S. The minimum atomic E-state index is -3.11. The molecule has 1 aromatic rings. The molecule has 0 aromatic heterocycles. The number of nitrogens with one attached hydrogen (secondary N) is 1. The van der Waals surface area contributed by atoms with E-state index >= 15 is 0 Å². The van der Waals surface area contributed by atoms with Crippen LogP contribution in [0.5, 0.6) is 0 Å². The van der Waals surface area contributed by atoms with E-state index in [1.54, 1.807) is 6.92 Å². The maximum Gasteiger partial charge on any atom is 0.342 e. The van der Waals surface area contributed by atoms with E-state index in [2.05, 4.69) is 5.32 Å². The molecule has 1 atom stereocenters. The van der Waals surface area contributed by atoms with Crippen LogP contribution in [-0.4, -0.2) is 41.5 Å². The Morgan fingerprint density at radius 3 is 2.62 bits per heavy atom. The molecule has 0 saturated carbocycles. The molecule has 1 heterocycles. The van der Waals surface area contributed by atoms with E-state index in [0.717, 1.165) is 12.1 Å². The number of carbonyl (C=O) groups is 1. The molecule has 1 unspecified atom stereocenters. The van der Waals surface area contributed by atoms with Crippen molar-refractivity contribution in [3.8, 4) is 0 Å². The summed E-state index contributed by atoms with van der Waals surface area (Å²) in [7, 11) is -3.11. The molecule has 0 bridgehead atoms. The Bertz CT molecular complexity index is 714. The predicted molar refractivity (Wildman–Crippen MR) is 75.4 cm³/mol. The average Bonchev–Trinajstić information content (AvgIpc) is 2.62. The highest BCUT2D eigenvalue weighted by Crippen LogP contribution is 2.30. The summed E-state index contributed by atoms with van der Waals surface area (Å²) < 4.78 is 23.1. The van der Waals surface area contributed by atoms with Gasteiger partial charge in [-0.15, -0.1) is 0 Å². The number of sulfone groups is 1. The lowest BCUT2D eigenvalue weighted by Gasteiger charge is -2.25. The van der Waals surface area contributed by atoms with Gasteiger partial charge >= 0.3 is 5.97 Å². The fourth-order valence-electron chi connectivity index (χ4n) is 2.40. The zero-order chi connectivity index (χ0) is 15.8. The van der Waals surface area contributed by atoms with Gasteiger partial charge in [0.15, 0.2) is 9.84 Å². The number of benzene rings is 1. The minimum absolute atomic E-state index is 0.0610. The van der Waals surface area contributed by atoms with E-state index in [0.29, 0.717) is 12.1 Å². The SMILES string of the molecule is CC1(Nc2ccc(C(=O)O)c([N+](=O)[O-])c2)CCS(=O)(=O)C1. The van der Waals surface area contributed by atoms with Crippen molar-refractivity contribution in [1.82, 2.24) is 0 Å².